The maximum Gasteiger partial charge on any atom is 0.340 e. The first-order chi connectivity index (χ1) is 14.7. The number of pyridine rings is 1. The van der Waals surface area contributed by atoms with Crippen LogP contribution in [0.25, 0.3) is 11.0 Å². The topological polar surface area (TPSA) is 56.8 Å². The molecule has 0 spiro atoms. The first kappa shape index (κ1) is 18.6. The first-order valence-electron chi connectivity index (χ1n) is 10.2. The Morgan fingerprint density at radius 2 is 1.80 bits per heavy atom. The Balaban J connectivity index is 1.52. The molecular weight excluding hydrogens is 376 g/mol. The van der Waals surface area contributed by atoms with Gasteiger partial charge in [0.25, 0.3) is 0 Å². The Morgan fingerprint density at radius 3 is 2.60 bits per heavy atom. The van der Waals surface area contributed by atoms with Crippen LogP contribution >= 0.6 is 0 Å². The van der Waals surface area contributed by atoms with Crippen molar-refractivity contribution in [2.24, 2.45) is 0 Å². The number of hydrogen-bond donors (Lipinski definition) is 1. The van der Waals surface area contributed by atoms with E-state index in [1.807, 2.05) is 61.5 Å². The Hall–Kier alpha value is -3.44. The van der Waals surface area contributed by atoms with E-state index in [0.717, 1.165) is 40.9 Å². The molecule has 5 rings (SSSR count). The fourth-order valence-corrected chi connectivity index (χ4v) is 4.18. The zero-order valence-electron chi connectivity index (χ0n) is 16.9. The molecule has 1 aliphatic heterocycles. The molecule has 0 saturated heterocycles. The third kappa shape index (κ3) is 3.48. The lowest BCUT2D eigenvalue weighted by molar-refractivity contribution is -0.945. The molecule has 0 bridgehead atoms. The average molecular weight is 399 g/mol. The van der Waals surface area contributed by atoms with Crippen LogP contribution in [0.4, 0.5) is 0 Å². The third-order valence-electron chi connectivity index (χ3n) is 5.80. The molecule has 0 saturated carbocycles. The van der Waals surface area contributed by atoms with Crippen LogP contribution in [0, 0.1) is 6.92 Å². The molecule has 3 heterocycles. The predicted octanol–water partition coefficient (Wildman–Crippen LogP) is 3.02. The van der Waals surface area contributed by atoms with Gasteiger partial charge in [-0.25, -0.2) is 4.79 Å². The average Bonchev–Trinajstić information content (AvgIpc) is 2.78. The molecule has 5 nitrogen and oxygen atoms in total. The second kappa shape index (κ2) is 7.76. The summed E-state index contributed by atoms with van der Waals surface area (Å²) >= 11 is 0. The van der Waals surface area contributed by atoms with E-state index in [2.05, 4.69) is 4.98 Å². The lowest BCUT2D eigenvalue weighted by atomic mass is 9.97. The Kier molecular flexibility index (Phi) is 4.81. The van der Waals surface area contributed by atoms with E-state index in [4.69, 9.17) is 9.15 Å². The number of nitrogens with one attached hydrogen (secondary N) is 1. The van der Waals surface area contributed by atoms with Gasteiger partial charge in [0, 0.05) is 35.3 Å². The van der Waals surface area contributed by atoms with Crippen LogP contribution < -0.4 is 15.3 Å². The van der Waals surface area contributed by atoms with Gasteiger partial charge < -0.3 is 9.15 Å². The van der Waals surface area contributed by atoms with Crippen molar-refractivity contribution in [3.63, 3.8) is 0 Å². The summed E-state index contributed by atoms with van der Waals surface area (Å²) < 4.78 is 11.9. The SMILES string of the molecule is Cc1c(Cc2ccccc2)c(=O)oc2c3c(ccc12)OC[NH+](Cc1ccncc1)C3. The number of fused-ring (bicyclic) bond motifs is 3. The summed E-state index contributed by atoms with van der Waals surface area (Å²) in [5.74, 6) is 0.805. The highest BCUT2D eigenvalue weighted by Gasteiger charge is 2.26. The maximum atomic E-state index is 12.9. The molecule has 5 heteroatoms. The van der Waals surface area contributed by atoms with Crippen molar-refractivity contribution in [3.05, 3.63) is 105 Å². The normalized spacial score (nSPS) is 15.6. The molecular formula is C25H23N2O3+. The molecule has 150 valence electrons. The van der Waals surface area contributed by atoms with Crippen molar-refractivity contribution < 1.29 is 14.1 Å². The van der Waals surface area contributed by atoms with Crippen LogP contribution in [0.15, 0.2) is 76.2 Å². The molecule has 2 aromatic heterocycles. The molecule has 2 aromatic carbocycles. The van der Waals surface area contributed by atoms with Gasteiger partial charge >= 0.3 is 5.63 Å². The van der Waals surface area contributed by atoms with Crippen molar-refractivity contribution in [1.29, 1.82) is 0 Å². The summed E-state index contributed by atoms with van der Waals surface area (Å²) in [6, 6.07) is 18.1. The van der Waals surface area contributed by atoms with Gasteiger partial charge in [-0.2, -0.15) is 0 Å². The van der Waals surface area contributed by atoms with Crippen LogP contribution in [0.5, 0.6) is 5.75 Å². The van der Waals surface area contributed by atoms with Gasteiger partial charge in [-0.05, 0) is 42.3 Å². The molecule has 30 heavy (non-hydrogen) atoms. The number of quaternary nitrogens is 1. The van der Waals surface area contributed by atoms with Crippen LogP contribution in [0.3, 0.4) is 0 Å². The van der Waals surface area contributed by atoms with Gasteiger partial charge in [-0.1, -0.05) is 30.3 Å². The minimum absolute atomic E-state index is 0.265. The first-order valence-corrected chi connectivity index (χ1v) is 10.2. The number of benzene rings is 2. The Labute approximate surface area is 174 Å². The van der Waals surface area contributed by atoms with E-state index < -0.39 is 0 Å². The number of ether oxygens (including phenoxy) is 1. The molecule has 1 N–H and O–H groups in total. The fraction of sp³-hybridized carbons (Fsp3) is 0.200. The van der Waals surface area contributed by atoms with E-state index in [-0.39, 0.29) is 5.63 Å². The highest BCUT2D eigenvalue weighted by Crippen LogP contribution is 2.31. The summed E-state index contributed by atoms with van der Waals surface area (Å²) in [5.41, 5.74) is 5.35. The molecule has 1 unspecified atom stereocenters. The van der Waals surface area contributed by atoms with Gasteiger partial charge in [0.2, 0.25) is 6.73 Å². The standard InChI is InChI=1S/C25H22N2O3/c1-17-20-7-8-23-22(15-27(16-29-23)14-19-9-11-26-12-10-19)24(20)30-25(28)21(17)13-18-5-3-2-4-6-18/h2-12H,13-16H2,1H3/p+1. The summed E-state index contributed by atoms with van der Waals surface area (Å²) in [4.78, 5) is 18.2. The largest absolute Gasteiger partial charge is 0.445 e. The highest BCUT2D eigenvalue weighted by atomic mass is 16.5. The van der Waals surface area contributed by atoms with Gasteiger partial charge in [0.1, 0.15) is 18.8 Å². The lowest BCUT2D eigenvalue weighted by Crippen LogP contribution is -3.10. The number of nitrogens with zero attached hydrogens (tertiary/aromatic N) is 1. The molecule has 0 aliphatic carbocycles. The van der Waals surface area contributed by atoms with Crippen LogP contribution in [-0.4, -0.2) is 11.7 Å². The van der Waals surface area contributed by atoms with Crippen LogP contribution in [0.2, 0.25) is 0 Å². The van der Waals surface area contributed by atoms with E-state index in [0.29, 0.717) is 24.3 Å². The van der Waals surface area contributed by atoms with Crippen molar-refractivity contribution in [3.8, 4) is 5.75 Å². The highest BCUT2D eigenvalue weighted by molar-refractivity contribution is 5.86. The zero-order chi connectivity index (χ0) is 20.5. The van der Waals surface area contributed by atoms with Gasteiger partial charge in [-0.15, -0.1) is 0 Å². The third-order valence-corrected chi connectivity index (χ3v) is 5.80. The molecule has 1 aliphatic rings. The Bertz CT molecular complexity index is 1250. The van der Waals surface area contributed by atoms with Gasteiger partial charge in [-0.3, -0.25) is 9.88 Å². The number of rotatable bonds is 4. The van der Waals surface area contributed by atoms with E-state index >= 15 is 0 Å². The smallest absolute Gasteiger partial charge is 0.340 e. The molecule has 0 radical (unpaired) electrons. The van der Waals surface area contributed by atoms with Crippen LogP contribution in [0.1, 0.15) is 27.8 Å². The molecule has 4 aromatic rings. The minimum atomic E-state index is -0.265. The summed E-state index contributed by atoms with van der Waals surface area (Å²) in [5, 5.41) is 0.980. The Morgan fingerprint density at radius 1 is 1.00 bits per heavy atom. The number of aryl methyl sites for hydroxylation is 1. The fourth-order valence-electron chi connectivity index (χ4n) is 4.18. The summed E-state index contributed by atoms with van der Waals surface area (Å²) in [6.07, 6.45) is 4.18. The summed E-state index contributed by atoms with van der Waals surface area (Å²) in [7, 11) is 0. The minimum Gasteiger partial charge on any atom is -0.445 e. The second-order valence-corrected chi connectivity index (χ2v) is 7.82. The van der Waals surface area contributed by atoms with Crippen molar-refractivity contribution in [2.45, 2.75) is 26.4 Å². The second-order valence-electron chi connectivity index (χ2n) is 7.82. The van der Waals surface area contributed by atoms with E-state index in [1.54, 1.807) is 12.4 Å². The predicted molar refractivity (Wildman–Crippen MR) is 115 cm³/mol. The molecule has 0 fully saturated rings. The zero-order valence-corrected chi connectivity index (χ0v) is 16.9. The monoisotopic (exact) mass is 399 g/mol. The van der Waals surface area contributed by atoms with Crippen molar-refractivity contribution in [1.82, 2.24) is 4.98 Å². The van der Waals surface area contributed by atoms with E-state index in [1.165, 1.54) is 10.5 Å². The van der Waals surface area contributed by atoms with Crippen molar-refractivity contribution >= 4 is 11.0 Å². The van der Waals surface area contributed by atoms with Gasteiger partial charge in [0.15, 0.2) is 5.58 Å². The number of hydrogen-bond acceptors (Lipinski definition) is 4. The number of aromatic nitrogens is 1. The quantitative estimate of drug-likeness (QED) is 0.536. The summed E-state index contributed by atoms with van der Waals surface area (Å²) in [6.45, 7) is 4.16. The molecule has 1 atom stereocenters. The maximum absolute atomic E-state index is 12.9. The molecule has 0 amide bonds. The van der Waals surface area contributed by atoms with E-state index in [9.17, 15) is 4.79 Å². The van der Waals surface area contributed by atoms with Crippen molar-refractivity contribution in [2.75, 3.05) is 6.73 Å². The lowest BCUT2D eigenvalue weighted by Gasteiger charge is -2.26. The van der Waals surface area contributed by atoms with Gasteiger partial charge in [0.05, 0.1) is 5.56 Å². The van der Waals surface area contributed by atoms with Crippen LogP contribution in [-0.2, 0) is 19.5 Å².